The smallest absolute Gasteiger partial charge is 0.260 e. The lowest BCUT2D eigenvalue weighted by molar-refractivity contribution is 0.513. The Morgan fingerprint density at radius 1 is 1.06 bits per heavy atom. The van der Waals surface area contributed by atoms with E-state index in [1.807, 2.05) is 25.1 Å². The van der Waals surface area contributed by atoms with E-state index in [0.717, 1.165) is 34.0 Å². The van der Waals surface area contributed by atoms with Crippen LogP contribution >= 0.6 is 0 Å². The number of nitrogens with one attached hydrogen (secondary N) is 1. The highest BCUT2D eigenvalue weighted by Gasteiger charge is 2.18. The topological polar surface area (TPSA) is 98.5 Å². The predicted octanol–water partition coefficient (Wildman–Crippen LogP) is 3.34. The molecule has 0 aliphatic rings. The van der Waals surface area contributed by atoms with Gasteiger partial charge in [0.2, 0.25) is 0 Å². The molecule has 8 heteroatoms. The van der Waals surface area contributed by atoms with Crippen LogP contribution in [0.1, 0.15) is 31.2 Å². The van der Waals surface area contributed by atoms with E-state index in [2.05, 4.69) is 50.2 Å². The Bertz CT molecular complexity index is 1270. The fourth-order valence-corrected chi connectivity index (χ4v) is 3.52. The van der Waals surface area contributed by atoms with Crippen LogP contribution in [0, 0.1) is 12.8 Å². The third-order valence-electron chi connectivity index (χ3n) is 5.67. The molecule has 1 unspecified atom stereocenters. The molecule has 0 saturated heterocycles. The number of benzene rings is 1. The van der Waals surface area contributed by atoms with Crippen molar-refractivity contribution in [3.05, 3.63) is 71.1 Å². The number of hydrogen-bond donors (Lipinski definition) is 1. The summed E-state index contributed by atoms with van der Waals surface area (Å²) in [5.41, 5.74) is 3.44. The molecule has 3 aromatic heterocycles. The first-order chi connectivity index (χ1) is 14.9. The number of aryl methyl sites for hydroxylation is 2. The molecule has 3 heterocycles. The van der Waals surface area contributed by atoms with E-state index in [9.17, 15) is 4.79 Å². The Labute approximate surface area is 180 Å². The molecule has 8 nitrogen and oxygen atoms in total. The van der Waals surface area contributed by atoms with Crippen molar-refractivity contribution in [3.63, 3.8) is 0 Å². The fourth-order valence-electron chi connectivity index (χ4n) is 3.52. The first-order valence-electron chi connectivity index (χ1n) is 10.2. The van der Waals surface area contributed by atoms with Gasteiger partial charge in [0, 0.05) is 37.6 Å². The number of nitrogens with zero attached hydrogens (tertiary/aromatic N) is 6. The summed E-state index contributed by atoms with van der Waals surface area (Å²) in [4.78, 5) is 34.1. The summed E-state index contributed by atoms with van der Waals surface area (Å²) in [6.45, 7) is 6.90. The number of fused-ring (bicyclic) bond motifs is 1. The molecule has 0 aliphatic carbocycles. The van der Waals surface area contributed by atoms with Gasteiger partial charge in [0.05, 0.1) is 22.9 Å². The zero-order valence-electron chi connectivity index (χ0n) is 18.1. The molecule has 4 rings (SSSR count). The maximum Gasteiger partial charge on any atom is 0.260 e. The molecule has 31 heavy (non-hydrogen) atoms. The molecule has 0 aliphatic heterocycles. The van der Waals surface area contributed by atoms with E-state index in [4.69, 9.17) is 0 Å². The highest BCUT2D eigenvalue weighted by molar-refractivity contribution is 5.81. The highest BCUT2D eigenvalue weighted by atomic mass is 16.1. The van der Waals surface area contributed by atoms with Crippen molar-refractivity contribution in [2.75, 3.05) is 11.9 Å². The van der Waals surface area contributed by atoms with Crippen LogP contribution in [-0.2, 0) is 7.05 Å². The number of para-hydroxylation sites is 1. The molecule has 0 saturated carbocycles. The van der Waals surface area contributed by atoms with Crippen molar-refractivity contribution in [3.8, 4) is 11.3 Å². The van der Waals surface area contributed by atoms with Crippen LogP contribution in [0.3, 0.4) is 0 Å². The van der Waals surface area contributed by atoms with Gasteiger partial charge in [-0.3, -0.25) is 4.79 Å². The number of rotatable bonds is 6. The molecule has 158 valence electrons. The van der Waals surface area contributed by atoms with Gasteiger partial charge in [-0.05, 0) is 30.4 Å². The largest absolute Gasteiger partial charge is 0.370 e. The van der Waals surface area contributed by atoms with Crippen LogP contribution in [0.2, 0.25) is 0 Å². The van der Waals surface area contributed by atoms with Crippen molar-refractivity contribution in [2.24, 2.45) is 13.0 Å². The first-order valence-corrected chi connectivity index (χ1v) is 10.2. The molecule has 1 aromatic carbocycles. The Balaban J connectivity index is 1.51. The average molecular weight is 416 g/mol. The lowest BCUT2D eigenvalue weighted by Gasteiger charge is -2.22. The Morgan fingerprint density at radius 2 is 1.84 bits per heavy atom. The van der Waals surface area contributed by atoms with Crippen LogP contribution in [0.25, 0.3) is 22.2 Å². The highest BCUT2D eigenvalue weighted by Crippen LogP contribution is 2.29. The van der Waals surface area contributed by atoms with Gasteiger partial charge in [0.15, 0.2) is 0 Å². The van der Waals surface area contributed by atoms with Crippen molar-refractivity contribution in [1.82, 2.24) is 29.5 Å². The molecule has 4 aromatic rings. The molecule has 0 radical (unpaired) electrons. The molecule has 0 fully saturated rings. The maximum absolute atomic E-state index is 12.4. The van der Waals surface area contributed by atoms with Gasteiger partial charge in [-0.15, -0.1) is 0 Å². The van der Waals surface area contributed by atoms with Gasteiger partial charge >= 0.3 is 0 Å². The third-order valence-corrected chi connectivity index (χ3v) is 5.67. The van der Waals surface area contributed by atoms with Crippen molar-refractivity contribution in [1.29, 1.82) is 0 Å². The summed E-state index contributed by atoms with van der Waals surface area (Å²) in [7, 11) is 1.72. The summed E-state index contributed by atoms with van der Waals surface area (Å²) >= 11 is 0. The minimum Gasteiger partial charge on any atom is -0.370 e. The van der Waals surface area contributed by atoms with Crippen LogP contribution in [-0.4, -0.2) is 36.0 Å². The molecular formula is C23H25N7O. The van der Waals surface area contributed by atoms with Crippen LogP contribution in [0.5, 0.6) is 0 Å². The Hall–Kier alpha value is -3.68. The van der Waals surface area contributed by atoms with Crippen LogP contribution < -0.4 is 10.9 Å². The van der Waals surface area contributed by atoms with E-state index in [1.54, 1.807) is 25.8 Å². The fraction of sp³-hybridized carbons (Fsp3) is 0.304. The minimum absolute atomic E-state index is 0.0292. The van der Waals surface area contributed by atoms with Gasteiger partial charge in [0.25, 0.3) is 5.56 Å². The maximum atomic E-state index is 12.4. The van der Waals surface area contributed by atoms with Gasteiger partial charge in [-0.2, -0.15) is 0 Å². The second-order valence-corrected chi connectivity index (χ2v) is 7.86. The minimum atomic E-state index is -0.0292. The predicted molar refractivity (Wildman–Crippen MR) is 121 cm³/mol. The van der Waals surface area contributed by atoms with E-state index >= 15 is 0 Å². The molecule has 0 amide bonds. The lowest BCUT2D eigenvalue weighted by atomic mass is 9.87. The summed E-state index contributed by atoms with van der Waals surface area (Å²) < 4.78 is 1.51. The number of hydrogen-bond acceptors (Lipinski definition) is 7. The molecule has 0 spiro atoms. The molecule has 1 N–H and O–H groups in total. The van der Waals surface area contributed by atoms with Crippen molar-refractivity contribution in [2.45, 2.75) is 26.7 Å². The normalized spacial score (nSPS) is 13.2. The summed E-state index contributed by atoms with van der Waals surface area (Å²) in [5, 5.41) is 4.06. The zero-order valence-corrected chi connectivity index (χ0v) is 18.1. The Kier molecular flexibility index (Phi) is 5.70. The number of anilines is 1. The summed E-state index contributed by atoms with van der Waals surface area (Å²) in [6, 6.07) is 7.71. The quantitative estimate of drug-likeness (QED) is 0.516. The lowest BCUT2D eigenvalue weighted by Crippen LogP contribution is -2.20. The summed E-state index contributed by atoms with van der Waals surface area (Å²) in [5.74, 6) is 1.94. The molecule has 0 bridgehead atoms. The number of aromatic nitrogens is 6. The second kappa shape index (κ2) is 8.59. The van der Waals surface area contributed by atoms with Gasteiger partial charge in [-0.25, -0.2) is 24.9 Å². The van der Waals surface area contributed by atoms with Crippen molar-refractivity contribution >= 4 is 16.7 Å². The third kappa shape index (κ3) is 4.28. The van der Waals surface area contributed by atoms with E-state index < -0.39 is 0 Å². The van der Waals surface area contributed by atoms with E-state index in [0.29, 0.717) is 11.9 Å². The van der Waals surface area contributed by atoms with Gasteiger partial charge < -0.3 is 9.88 Å². The SMILES string of the molecule is Cc1ncc(-c2cc(NC[C@@H](C)C(C)c3cccc4c(=O)n(C)cnc34)ncn2)cn1. The second-order valence-electron chi connectivity index (χ2n) is 7.86. The Morgan fingerprint density at radius 3 is 2.61 bits per heavy atom. The summed E-state index contributed by atoms with van der Waals surface area (Å²) in [6.07, 6.45) is 6.64. The zero-order chi connectivity index (χ0) is 22.0. The standard InChI is InChI=1S/C23H25N7O/c1-14(15(2)18-6-5-7-19-22(18)29-13-30(4)23(19)31)9-26-21-8-20(27-12-28-21)17-10-24-16(3)25-11-17/h5-8,10-15H,9H2,1-4H3,(H,26,27,28)/t14-,15?/m1/s1. The van der Waals surface area contributed by atoms with Crippen LogP contribution in [0.15, 0.2) is 54.1 Å². The first kappa shape index (κ1) is 20.6. The molecule has 2 atom stereocenters. The van der Waals surface area contributed by atoms with E-state index in [1.165, 1.54) is 10.9 Å². The average Bonchev–Trinajstić information content (AvgIpc) is 2.80. The molecular weight excluding hydrogens is 390 g/mol. The van der Waals surface area contributed by atoms with Gasteiger partial charge in [0.1, 0.15) is 18.0 Å². The monoisotopic (exact) mass is 415 g/mol. The van der Waals surface area contributed by atoms with Crippen molar-refractivity contribution < 1.29 is 0 Å². The van der Waals surface area contributed by atoms with Crippen LogP contribution in [0.4, 0.5) is 5.82 Å². The van der Waals surface area contributed by atoms with E-state index in [-0.39, 0.29) is 17.4 Å². The van der Waals surface area contributed by atoms with Gasteiger partial charge in [-0.1, -0.05) is 26.0 Å².